The maximum atomic E-state index is 14.0. The molecule has 5 nitrogen and oxygen atoms in total. The van der Waals surface area contributed by atoms with Crippen molar-refractivity contribution in [3.05, 3.63) is 54.0 Å². The second-order valence-electron chi connectivity index (χ2n) is 6.44. The zero-order valence-corrected chi connectivity index (χ0v) is 15.2. The molecule has 134 valence electrons. The lowest BCUT2D eigenvalue weighted by atomic mass is 10.1. The van der Waals surface area contributed by atoms with Gasteiger partial charge in [0.05, 0.1) is 27.8 Å². The molecule has 3 aromatic rings. The lowest BCUT2D eigenvalue weighted by Gasteiger charge is -2.17. The molecule has 3 rings (SSSR count). The van der Waals surface area contributed by atoms with Crippen LogP contribution in [-0.2, 0) is 0 Å². The van der Waals surface area contributed by atoms with Crippen LogP contribution in [0.5, 0.6) is 5.75 Å². The van der Waals surface area contributed by atoms with Gasteiger partial charge in [-0.15, -0.1) is 0 Å². The van der Waals surface area contributed by atoms with Gasteiger partial charge >= 0.3 is 0 Å². The highest BCUT2D eigenvalue weighted by molar-refractivity contribution is 8.00. The summed E-state index contributed by atoms with van der Waals surface area (Å²) in [5.74, 6) is 0.241. The van der Waals surface area contributed by atoms with Crippen LogP contribution in [0.2, 0.25) is 0 Å². The third-order valence-corrected chi connectivity index (χ3v) is 4.43. The number of nitriles is 1. The van der Waals surface area contributed by atoms with Gasteiger partial charge in [0, 0.05) is 11.1 Å². The van der Waals surface area contributed by atoms with Crippen LogP contribution in [0, 0.1) is 17.1 Å². The monoisotopic (exact) mass is 371 g/mol. The highest BCUT2D eigenvalue weighted by Gasteiger charge is 2.14. The van der Waals surface area contributed by atoms with Gasteiger partial charge in [-0.3, -0.25) is 0 Å². The van der Waals surface area contributed by atoms with Gasteiger partial charge in [0.1, 0.15) is 24.2 Å². The van der Waals surface area contributed by atoms with E-state index in [-0.39, 0.29) is 17.6 Å². The van der Waals surface area contributed by atoms with E-state index in [4.69, 9.17) is 10.00 Å². The van der Waals surface area contributed by atoms with Crippen molar-refractivity contribution in [3.63, 3.8) is 0 Å². The molecule has 0 saturated carbocycles. The minimum Gasteiger partial charge on any atom is -0.491 e. The van der Waals surface area contributed by atoms with Crippen molar-refractivity contribution in [1.29, 1.82) is 5.26 Å². The molecule has 0 bridgehead atoms. The van der Waals surface area contributed by atoms with E-state index in [0.717, 1.165) is 4.90 Å². The Morgan fingerprint density at radius 3 is 2.65 bits per heavy atom. The summed E-state index contributed by atoms with van der Waals surface area (Å²) >= 11 is 1.36. The van der Waals surface area contributed by atoms with Gasteiger partial charge in [-0.1, -0.05) is 0 Å². The number of nitrogens with one attached hydrogen (secondary N) is 2. The van der Waals surface area contributed by atoms with E-state index >= 15 is 0 Å². The predicted octanol–water partition coefficient (Wildman–Crippen LogP) is 4.45. The van der Waals surface area contributed by atoms with Crippen LogP contribution in [0.25, 0.3) is 10.9 Å². The highest BCUT2D eigenvalue weighted by Crippen LogP contribution is 2.31. The smallest absolute Gasteiger partial charge is 0.134 e. The van der Waals surface area contributed by atoms with E-state index in [9.17, 15) is 9.50 Å². The summed E-state index contributed by atoms with van der Waals surface area (Å²) in [5, 5.41) is 19.0. The maximum Gasteiger partial charge on any atom is 0.134 e. The first-order chi connectivity index (χ1) is 12.4. The van der Waals surface area contributed by atoms with Crippen LogP contribution in [-0.4, -0.2) is 22.3 Å². The van der Waals surface area contributed by atoms with Gasteiger partial charge < -0.3 is 19.5 Å². The summed E-state index contributed by atoms with van der Waals surface area (Å²) in [4.78, 5) is 3.88. The molecule has 0 fully saturated rings. The van der Waals surface area contributed by atoms with E-state index in [2.05, 4.69) is 9.71 Å². The standard InChI is InChI=1S/C19H18FN3O2S/c1-19(2,24)11-25-13-3-5-14(6-4-13)26-23-16-8-7-15(20)17-12(9-21)10-22-18(16)17/h3-8,10,22-24H,11H2,1-2H3. The quantitative estimate of drug-likeness (QED) is 0.558. The van der Waals surface area contributed by atoms with Gasteiger partial charge in [-0.2, -0.15) is 5.26 Å². The SMILES string of the molecule is CC(C)(O)COc1ccc(SNc2ccc(F)c3c(C#N)c[nH]c23)cc1. The largest absolute Gasteiger partial charge is 0.491 e. The number of halogens is 1. The molecule has 1 aromatic heterocycles. The number of H-pyrrole nitrogens is 1. The number of nitrogens with zero attached hydrogens (tertiary/aromatic N) is 1. The Bertz CT molecular complexity index is 956. The molecule has 0 aliphatic heterocycles. The minimum absolute atomic E-state index is 0.208. The number of aromatic nitrogens is 1. The molecular weight excluding hydrogens is 353 g/mol. The van der Waals surface area contributed by atoms with E-state index in [1.54, 1.807) is 19.9 Å². The van der Waals surface area contributed by atoms with E-state index in [0.29, 0.717) is 17.0 Å². The van der Waals surface area contributed by atoms with Crippen molar-refractivity contribution in [2.75, 3.05) is 11.3 Å². The molecule has 0 amide bonds. The molecule has 7 heteroatoms. The first kappa shape index (κ1) is 18.1. The number of anilines is 1. The van der Waals surface area contributed by atoms with Crippen LogP contribution < -0.4 is 9.46 Å². The number of benzene rings is 2. The average molecular weight is 371 g/mol. The predicted molar refractivity (Wildman–Crippen MR) is 101 cm³/mol. The first-order valence-electron chi connectivity index (χ1n) is 7.95. The molecule has 0 aliphatic rings. The van der Waals surface area contributed by atoms with E-state index < -0.39 is 11.4 Å². The second kappa shape index (κ2) is 7.28. The Kier molecular flexibility index (Phi) is 5.07. The minimum atomic E-state index is -0.888. The second-order valence-corrected chi connectivity index (χ2v) is 7.32. The molecule has 3 N–H and O–H groups in total. The number of hydrogen-bond acceptors (Lipinski definition) is 5. The number of ether oxygens (including phenoxy) is 1. The molecule has 2 aromatic carbocycles. The topological polar surface area (TPSA) is 81.1 Å². The third-order valence-electron chi connectivity index (χ3n) is 3.60. The molecule has 1 heterocycles. The van der Waals surface area contributed by atoms with Crippen LogP contribution in [0.15, 0.2) is 47.5 Å². The van der Waals surface area contributed by atoms with Crippen LogP contribution in [0.3, 0.4) is 0 Å². The number of fused-ring (bicyclic) bond motifs is 1. The van der Waals surface area contributed by atoms with Gasteiger partial charge in [0.15, 0.2) is 0 Å². The summed E-state index contributed by atoms with van der Waals surface area (Å²) in [6, 6.07) is 12.4. The first-order valence-corrected chi connectivity index (χ1v) is 8.77. The van der Waals surface area contributed by atoms with Crippen LogP contribution in [0.4, 0.5) is 10.1 Å². The number of aromatic amines is 1. The summed E-state index contributed by atoms with van der Waals surface area (Å²) in [6.07, 6.45) is 1.50. The summed E-state index contributed by atoms with van der Waals surface area (Å²) in [7, 11) is 0. The molecule has 0 unspecified atom stereocenters. The Morgan fingerprint density at radius 2 is 2.00 bits per heavy atom. The van der Waals surface area contributed by atoms with Crippen molar-refractivity contribution in [2.45, 2.75) is 24.3 Å². The Hall–Kier alpha value is -2.69. The van der Waals surface area contributed by atoms with Crippen molar-refractivity contribution in [3.8, 4) is 11.8 Å². The van der Waals surface area contributed by atoms with Crippen molar-refractivity contribution >= 4 is 28.5 Å². The Labute approximate surface area is 154 Å². The molecule has 0 aliphatic carbocycles. The fraction of sp³-hybridized carbons (Fsp3) is 0.211. The molecule has 0 radical (unpaired) electrons. The van der Waals surface area contributed by atoms with Crippen LogP contribution >= 0.6 is 11.9 Å². The average Bonchev–Trinajstić information content (AvgIpc) is 3.05. The van der Waals surface area contributed by atoms with Crippen molar-refractivity contribution in [1.82, 2.24) is 4.98 Å². The van der Waals surface area contributed by atoms with Gasteiger partial charge in [0.25, 0.3) is 0 Å². The summed E-state index contributed by atoms with van der Waals surface area (Å²) in [5.41, 5.74) is 0.634. The van der Waals surface area contributed by atoms with Gasteiger partial charge in [-0.05, 0) is 62.2 Å². The number of aliphatic hydroxyl groups is 1. The lowest BCUT2D eigenvalue weighted by Crippen LogP contribution is -2.27. The zero-order chi connectivity index (χ0) is 18.7. The maximum absolute atomic E-state index is 14.0. The Balaban J connectivity index is 1.70. The molecule has 26 heavy (non-hydrogen) atoms. The molecular formula is C19H18FN3O2S. The normalized spacial score (nSPS) is 11.3. The van der Waals surface area contributed by atoms with E-state index in [1.165, 1.54) is 24.2 Å². The third kappa shape index (κ3) is 4.10. The molecule has 0 saturated heterocycles. The lowest BCUT2D eigenvalue weighted by molar-refractivity contribution is 0.0285. The van der Waals surface area contributed by atoms with Gasteiger partial charge in [0.2, 0.25) is 0 Å². The molecule has 0 spiro atoms. The highest BCUT2D eigenvalue weighted by atomic mass is 32.2. The fourth-order valence-corrected chi connectivity index (χ4v) is 3.03. The Morgan fingerprint density at radius 1 is 1.27 bits per heavy atom. The summed E-state index contributed by atoms with van der Waals surface area (Å²) < 4.78 is 22.7. The molecule has 0 atom stereocenters. The van der Waals surface area contributed by atoms with Crippen molar-refractivity contribution < 1.29 is 14.2 Å². The van der Waals surface area contributed by atoms with Crippen molar-refractivity contribution in [2.24, 2.45) is 0 Å². The van der Waals surface area contributed by atoms with E-state index in [1.807, 2.05) is 30.3 Å². The van der Waals surface area contributed by atoms with Gasteiger partial charge in [-0.25, -0.2) is 4.39 Å². The van der Waals surface area contributed by atoms with Crippen LogP contribution in [0.1, 0.15) is 19.4 Å². The number of rotatable bonds is 6. The fourth-order valence-electron chi connectivity index (χ4n) is 2.36. The number of hydrogen-bond donors (Lipinski definition) is 3. The summed E-state index contributed by atoms with van der Waals surface area (Å²) in [6.45, 7) is 3.57. The zero-order valence-electron chi connectivity index (χ0n) is 14.3.